The second kappa shape index (κ2) is 6.64. The zero-order chi connectivity index (χ0) is 13.7. The Morgan fingerprint density at radius 3 is 2.67 bits per heavy atom. The predicted octanol–water partition coefficient (Wildman–Crippen LogP) is 3.00. The molecule has 1 N–H and O–H groups in total. The molecule has 1 unspecified atom stereocenters. The Bertz CT molecular complexity index is 418. The lowest BCUT2D eigenvalue weighted by Crippen LogP contribution is -2.32. The van der Waals surface area contributed by atoms with E-state index in [0.717, 1.165) is 5.56 Å². The zero-order valence-corrected chi connectivity index (χ0v) is 12.0. The predicted molar refractivity (Wildman–Crippen MR) is 74.5 cm³/mol. The summed E-state index contributed by atoms with van der Waals surface area (Å²) in [6.45, 7) is 6.44. The average molecular weight is 270 g/mol. The van der Waals surface area contributed by atoms with E-state index in [1.807, 2.05) is 32.9 Å². The van der Waals surface area contributed by atoms with E-state index >= 15 is 0 Å². The van der Waals surface area contributed by atoms with Crippen LogP contribution in [0, 0.1) is 12.8 Å². The Morgan fingerprint density at radius 1 is 1.44 bits per heavy atom. The van der Waals surface area contributed by atoms with Crippen LogP contribution in [-0.2, 0) is 0 Å². The fraction of sp³-hybridized carbons (Fsp3) is 0.500. The van der Waals surface area contributed by atoms with Gasteiger partial charge in [-0.2, -0.15) is 0 Å². The monoisotopic (exact) mass is 269 g/mol. The van der Waals surface area contributed by atoms with Gasteiger partial charge in [0.15, 0.2) is 0 Å². The van der Waals surface area contributed by atoms with Crippen molar-refractivity contribution in [3.63, 3.8) is 0 Å². The van der Waals surface area contributed by atoms with Gasteiger partial charge < -0.3 is 10.1 Å². The van der Waals surface area contributed by atoms with Crippen LogP contribution < -0.4 is 10.1 Å². The van der Waals surface area contributed by atoms with Gasteiger partial charge in [0.25, 0.3) is 5.91 Å². The minimum Gasteiger partial charge on any atom is -0.496 e. The molecule has 1 aromatic rings. The van der Waals surface area contributed by atoms with E-state index in [4.69, 9.17) is 16.3 Å². The van der Waals surface area contributed by atoms with Gasteiger partial charge in [0.05, 0.1) is 18.1 Å². The first-order valence-electron chi connectivity index (χ1n) is 6.02. The SMILES string of the molecule is COc1ccc(C)cc1C(=O)NCC(Cl)C(C)C. The van der Waals surface area contributed by atoms with Gasteiger partial charge in [0.1, 0.15) is 5.75 Å². The van der Waals surface area contributed by atoms with E-state index in [0.29, 0.717) is 23.8 Å². The Hall–Kier alpha value is -1.22. The fourth-order valence-electron chi connectivity index (χ4n) is 1.52. The first kappa shape index (κ1) is 14.8. The number of amides is 1. The molecule has 0 spiro atoms. The number of halogens is 1. The van der Waals surface area contributed by atoms with Crippen molar-refractivity contribution in [3.8, 4) is 5.75 Å². The van der Waals surface area contributed by atoms with Crippen molar-refractivity contribution in [2.45, 2.75) is 26.1 Å². The molecule has 0 aliphatic rings. The number of alkyl halides is 1. The van der Waals surface area contributed by atoms with E-state index in [1.54, 1.807) is 13.2 Å². The number of carbonyl (C=O) groups excluding carboxylic acids is 1. The molecule has 0 saturated heterocycles. The van der Waals surface area contributed by atoms with E-state index < -0.39 is 0 Å². The molecule has 1 atom stereocenters. The highest BCUT2D eigenvalue weighted by Crippen LogP contribution is 2.19. The second-order valence-corrected chi connectivity index (χ2v) is 5.23. The number of methoxy groups -OCH3 is 1. The molecule has 0 radical (unpaired) electrons. The van der Waals surface area contributed by atoms with E-state index in [9.17, 15) is 4.79 Å². The summed E-state index contributed by atoms with van der Waals surface area (Å²) in [5.41, 5.74) is 1.57. The molecule has 1 aromatic carbocycles. The molecule has 4 heteroatoms. The van der Waals surface area contributed by atoms with Gasteiger partial charge in [0.2, 0.25) is 0 Å². The van der Waals surface area contributed by atoms with Crippen LogP contribution in [0.2, 0.25) is 0 Å². The molecule has 0 aromatic heterocycles. The van der Waals surface area contributed by atoms with Crippen LogP contribution in [0.1, 0.15) is 29.8 Å². The van der Waals surface area contributed by atoms with Gasteiger partial charge >= 0.3 is 0 Å². The lowest BCUT2D eigenvalue weighted by atomic mass is 10.1. The van der Waals surface area contributed by atoms with Gasteiger partial charge in [-0.3, -0.25) is 4.79 Å². The maximum absolute atomic E-state index is 12.1. The zero-order valence-electron chi connectivity index (χ0n) is 11.3. The van der Waals surface area contributed by atoms with Crippen molar-refractivity contribution in [2.75, 3.05) is 13.7 Å². The molecule has 1 rings (SSSR count). The smallest absolute Gasteiger partial charge is 0.255 e. The minimum atomic E-state index is -0.151. The molecular weight excluding hydrogens is 250 g/mol. The van der Waals surface area contributed by atoms with Crippen molar-refractivity contribution >= 4 is 17.5 Å². The number of nitrogens with one attached hydrogen (secondary N) is 1. The minimum absolute atomic E-state index is 0.0650. The Balaban J connectivity index is 2.75. The van der Waals surface area contributed by atoms with Crippen molar-refractivity contribution < 1.29 is 9.53 Å². The number of aryl methyl sites for hydroxylation is 1. The van der Waals surface area contributed by atoms with Gasteiger partial charge in [-0.05, 0) is 25.0 Å². The van der Waals surface area contributed by atoms with Crippen LogP contribution in [0.5, 0.6) is 5.75 Å². The molecule has 100 valence electrons. The molecule has 1 amide bonds. The van der Waals surface area contributed by atoms with E-state index in [2.05, 4.69) is 5.32 Å². The van der Waals surface area contributed by atoms with E-state index in [1.165, 1.54) is 0 Å². The van der Waals surface area contributed by atoms with Gasteiger partial charge in [0, 0.05) is 6.54 Å². The summed E-state index contributed by atoms with van der Waals surface area (Å²) in [5, 5.41) is 2.77. The summed E-state index contributed by atoms with van der Waals surface area (Å²) < 4.78 is 5.18. The van der Waals surface area contributed by atoms with Crippen molar-refractivity contribution in [1.82, 2.24) is 5.32 Å². The number of rotatable bonds is 5. The van der Waals surface area contributed by atoms with Gasteiger partial charge in [-0.15, -0.1) is 11.6 Å². The highest BCUT2D eigenvalue weighted by Gasteiger charge is 2.15. The highest BCUT2D eigenvalue weighted by atomic mass is 35.5. The van der Waals surface area contributed by atoms with Crippen molar-refractivity contribution in [3.05, 3.63) is 29.3 Å². The van der Waals surface area contributed by atoms with E-state index in [-0.39, 0.29) is 11.3 Å². The maximum atomic E-state index is 12.1. The third-order valence-corrected chi connectivity index (χ3v) is 3.44. The molecule has 3 nitrogen and oxygen atoms in total. The summed E-state index contributed by atoms with van der Waals surface area (Å²) >= 11 is 6.11. The summed E-state index contributed by atoms with van der Waals surface area (Å²) in [5.74, 6) is 0.752. The topological polar surface area (TPSA) is 38.3 Å². The van der Waals surface area contributed by atoms with Gasteiger partial charge in [-0.25, -0.2) is 0 Å². The highest BCUT2D eigenvalue weighted by molar-refractivity contribution is 6.21. The number of carbonyl (C=O) groups is 1. The second-order valence-electron chi connectivity index (χ2n) is 4.67. The quantitative estimate of drug-likeness (QED) is 0.835. The summed E-state index contributed by atoms with van der Waals surface area (Å²) in [6.07, 6.45) is 0. The number of hydrogen-bond donors (Lipinski definition) is 1. The standard InChI is InChI=1S/C14H20ClNO2/c1-9(2)12(15)8-16-14(17)11-7-10(3)5-6-13(11)18-4/h5-7,9,12H,8H2,1-4H3,(H,16,17). The molecule has 0 fully saturated rings. The van der Waals surface area contributed by atoms with Crippen molar-refractivity contribution in [2.24, 2.45) is 5.92 Å². The molecular formula is C14H20ClNO2. The summed E-state index contributed by atoms with van der Waals surface area (Å²) in [4.78, 5) is 12.1. The van der Waals surface area contributed by atoms with Crippen LogP contribution >= 0.6 is 11.6 Å². The maximum Gasteiger partial charge on any atom is 0.255 e. The molecule has 0 aliphatic heterocycles. The first-order valence-corrected chi connectivity index (χ1v) is 6.46. The van der Waals surface area contributed by atoms with Crippen molar-refractivity contribution in [1.29, 1.82) is 0 Å². The number of hydrogen-bond acceptors (Lipinski definition) is 2. The van der Waals surface area contributed by atoms with Crippen LogP contribution in [0.25, 0.3) is 0 Å². The normalized spacial score (nSPS) is 12.3. The Labute approximate surface area is 113 Å². The van der Waals surface area contributed by atoms with Crippen LogP contribution in [-0.4, -0.2) is 24.9 Å². The third-order valence-electron chi connectivity index (χ3n) is 2.78. The van der Waals surface area contributed by atoms with Crippen LogP contribution in [0.3, 0.4) is 0 Å². The molecule has 0 aliphatic carbocycles. The average Bonchev–Trinajstić information content (AvgIpc) is 2.35. The summed E-state index contributed by atoms with van der Waals surface area (Å²) in [6, 6.07) is 5.52. The lowest BCUT2D eigenvalue weighted by Gasteiger charge is -2.15. The number of ether oxygens (including phenoxy) is 1. The van der Waals surface area contributed by atoms with Crippen LogP contribution in [0.4, 0.5) is 0 Å². The Kier molecular flexibility index (Phi) is 5.48. The number of benzene rings is 1. The first-order chi connectivity index (χ1) is 8.45. The molecule has 0 saturated carbocycles. The third kappa shape index (κ3) is 3.91. The van der Waals surface area contributed by atoms with Gasteiger partial charge in [-0.1, -0.05) is 25.5 Å². The lowest BCUT2D eigenvalue weighted by molar-refractivity contribution is 0.0949. The summed E-state index contributed by atoms with van der Waals surface area (Å²) in [7, 11) is 1.56. The molecule has 0 heterocycles. The largest absolute Gasteiger partial charge is 0.496 e. The fourth-order valence-corrected chi connectivity index (χ4v) is 1.60. The molecule has 0 bridgehead atoms. The van der Waals surface area contributed by atoms with Crippen LogP contribution in [0.15, 0.2) is 18.2 Å². The Morgan fingerprint density at radius 2 is 2.11 bits per heavy atom. The molecule has 18 heavy (non-hydrogen) atoms.